The first-order chi connectivity index (χ1) is 11.4. The van der Waals surface area contributed by atoms with E-state index in [2.05, 4.69) is 0 Å². The minimum atomic E-state index is -3.83. The van der Waals surface area contributed by atoms with Crippen LogP contribution in [0.1, 0.15) is 5.56 Å². The summed E-state index contributed by atoms with van der Waals surface area (Å²) in [5.74, 6) is -0.447. The Kier molecular flexibility index (Phi) is 4.27. The summed E-state index contributed by atoms with van der Waals surface area (Å²) in [6.45, 7) is 0. The van der Waals surface area contributed by atoms with Crippen LogP contribution in [0.25, 0.3) is 6.08 Å². The topological polar surface area (TPSA) is 97.5 Å². The van der Waals surface area contributed by atoms with Crippen LogP contribution in [0.15, 0.2) is 64.4 Å². The Morgan fingerprint density at radius 1 is 0.958 bits per heavy atom. The van der Waals surface area contributed by atoms with E-state index in [9.17, 15) is 18.0 Å². The number of nitrogens with zero attached hydrogens (tertiary/aromatic N) is 1. The number of imide groups is 1. The minimum Gasteiger partial charge on any atom is -0.268 e. The highest BCUT2D eigenvalue weighted by Gasteiger charge is 2.36. The molecule has 0 saturated carbocycles. The molecule has 2 amide bonds. The van der Waals surface area contributed by atoms with Crippen molar-refractivity contribution in [2.24, 2.45) is 5.14 Å². The number of sulfonamides is 1. The molecule has 1 fully saturated rings. The monoisotopic (exact) mass is 360 g/mol. The zero-order valence-corrected chi connectivity index (χ0v) is 13.9. The normalized spacial score (nSPS) is 16.9. The molecular weight excluding hydrogens is 348 g/mol. The molecule has 0 aromatic heterocycles. The van der Waals surface area contributed by atoms with Gasteiger partial charge in [-0.3, -0.25) is 9.59 Å². The molecule has 2 aromatic carbocycles. The predicted molar refractivity (Wildman–Crippen MR) is 92.7 cm³/mol. The molecule has 1 heterocycles. The molecule has 0 bridgehead atoms. The van der Waals surface area contributed by atoms with Crippen LogP contribution in [-0.4, -0.2) is 19.6 Å². The Labute approximate surface area is 143 Å². The zero-order chi connectivity index (χ0) is 17.3. The predicted octanol–water partition coefficient (Wildman–Crippen LogP) is 2.57. The van der Waals surface area contributed by atoms with Gasteiger partial charge >= 0.3 is 0 Å². The fourth-order valence-electron chi connectivity index (χ4n) is 2.18. The zero-order valence-electron chi connectivity index (χ0n) is 12.2. The number of nitrogens with two attached hydrogens (primary N) is 1. The van der Waals surface area contributed by atoms with Crippen LogP contribution in [0, 0.1) is 0 Å². The highest BCUT2D eigenvalue weighted by Crippen LogP contribution is 2.35. The molecule has 1 saturated heterocycles. The molecule has 2 aromatic rings. The maximum atomic E-state index is 12.5. The highest BCUT2D eigenvalue weighted by atomic mass is 32.2. The Balaban J connectivity index is 1.91. The van der Waals surface area contributed by atoms with Gasteiger partial charge in [0.1, 0.15) is 0 Å². The van der Waals surface area contributed by atoms with Gasteiger partial charge in [-0.15, -0.1) is 0 Å². The molecule has 0 radical (unpaired) electrons. The van der Waals surface area contributed by atoms with Crippen molar-refractivity contribution in [2.45, 2.75) is 4.90 Å². The van der Waals surface area contributed by atoms with Crippen LogP contribution < -0.4 is 10.0 Å². The number of thioether (sulfide) groups is 1. The van der Waals surface area contributed by atoms with E-state index in [1.54, 1.807) is 6.08 Å². The fraction of sp³-hybridized carbons (Fsp3) is 0. The Bertz CT molecular complexity index is 936. The van der Waals surface area contributed by atoms with Crippen molar-refractivity contribution in [3.8, 4) is 0 Å². The SMILES string of the molecule is NS(=O)(=O)c1ccc(N2C(=O)S/C(=C\c3ccccc3)C2=O)cc1. The number of benzene rings is 2. The fourth-order valence-corrected chi connectivity index (χ4v) is 3.53. The molecule has 1 aliphatic heterocycles. The lowest BCUT2D eigenvalue weighted by molar-refractivity contribution is -0.113. The quantitative estimate of drug-likeness (QED) is 0.849. The van der Waals surface area contributed by atoms with Crippen LogP contribution in [0.2, 0.25) is 0 Å². The van der Waals surface area contributed by atoms with Gasteiger partial charge in [0, 0.05) is 0 Å². The van der Waals surface area contributed by atoms with Gasteiger partial charge in [-0.2, -0.15) is 0 Å². The van der Waals surface area contributed by atoms with E-state index in [4.69, 9.17) is 5.14 Å². The number of amides is 2. The van der Waals surface area contributed by atoms with E-state index < -0.39 is 21.2 Å². The first kappa shape index (κ1) is 16.4. The molecule has 0 unspecified atom stereocenters. The van der Waals surface area contributed by atoms with Crippen molar-refractivity contribution < 1.29 is 18.0 Å². The lowest BCUT2D eigenvalue weighted by Gasteiger charge is -2.12. The number of anilines is 1. The van der Waals surface area contributed by atoms with E-state index in [1.807, 2.05) is 30.3 Å². The van der Waals surface area contributed by atoms with Gasteiger partial charge in [0.25, 0.3) is 11.1 Å². The lowest BCUT2D eigenvalue weighted by atomic mass is 10.2. The Morgan fingerprint density at radius 3 is 2.17 bits per heavy atom. The molecule has 122 valence electrons. The van der Waals surface area contributed by atoms with Crippen molar-refractivity contribution in [3.63, 3.8) is 0 Å². The van der Waals surface area contributed by atoms with E-state index in [0.717, 1.165) is 22.2 Å². The average Bonchev–Trinajstić information content (AvgIpc) is 2.82. The summed E-state index contributed by atoms with van der Waals surface area (Å²) in [5, 5.41) is 4.60. The second kappa shape index (κ2) is 6.23. The number of hydrogen-bond acceptors (Lipinski definition) is 5. The van der Waals surface area contributed by atoms with Gasteiger partial charge in [0.15, 0.2) is 0 Å². The number of hydrogen-bond donors (Lipinski definition) is 1. The van der Waals surface area contributed by atoms with Gasteiger partial charge in [-0.25, -0.2) is 18.5 Å². The summed E-state index contributed by atoms with van der Waals surface area (Å²) in [7, 11) is -3.83. The smallest absolute Gasteiger partial charge is 0.268 e. The number of rotatable bonds is 3. The van der Waals surface area contributed by atoms with Gasteiger partial charge in [0.05, 0.1) is 15.5 Å². The number of primary sulfonamides is 1. The van der Waals surface area contributed by atoms with E-state index in [-0.39, 0.29) is 4.90 Å². The van der Waals surface area contributed by atoms with Crippen LogP contribution in [0.3, 0.4) is 0 Å². The average molecular weight is 360 g/mol. The third kappa shape index (κ3) is 3.25. The Morgan fingerprint density at radius 2 is 1.58 bits per heavy atom. The van der Waals surface area contributed by atoms with Crippen molar-refractivity contribution in [1.29, 1.82) is 0 Å². The van der Waals surface area contributed by atoms with Crippen molar-refractivity contribution in [3.05, 3.63) is 65.1 Å². The summed E-state index contributed by atoms with van der Waals surface area (Å²) in [5.41, 5.74) is 1.11. The van der Waals surface area contributed by atoms with Crippen molar-refractivity contribution in [2.75, 3.05) is 4.90 Å². The van der Waals surface area contributed by atoms with Gasteiger partial charge in [-0.1, -0.05) is 30.3 Å². The molecule has 24 heavy (non-hydrogen) atoms. The molecule has 6 nitrogen and oxygen atoms in total. The second-order valence-corrected chi connectivity index (χ2v) is 7.52. The lowest BCUT2D eigenvalue weighted by Crippen LogP contribution is -2.27. The standard InChI is InChI=1S/C16H12N2O4S2/c17-24(21,22)13-8-6-12(7-9-13)18-15(19)14(23-16(18)20)10-11-4-2-1-3-5-11/h1-10H,(H2,17,21,22)/b14-10-. The molecule has 0 spiro atoms. The van der Waals surface area contributed by atoms with Gasteiger partial charge in [0.2, 0.25) is 10.0 Å². The van der Waals surface area contributed by atoms with Crippen LogP contribution in [0.4, 0.5) is 10.5 Å². The summed E-state index contributed by atoms with van der Waals surface area (Å²) >= 11 is 0.837. The number of carbonyl (C=O) groups excluding carboxylic acids is 2. The minimum absolute atomic E-state index is 0.0851. The molecule has 1 aliphatic rings. The second-order valence-electron chi connectivity index (χ2n) is 4.97. The molecule has 2 N–H and O–H groups in total. The van der Waals surface area contributed by atoms with E-state index >= 15 is 0 Å². The van der Waals surface area contributed by atoms with E-state index in [1.165, 1.54) is 24.3 Å². The Hall–Kier alpha value is -2.42. The first-order valence-electron chi connectivity index (χ1n) is 6.82. The third-order valence-electron chi connectivity index (χ3n) is 3.31. The third-order valence-corrected chi connectivity index (χ3v) is 5.11. The molecule has 8 heteroatoms. The molecule has 0 aliphatic carbocycles. The van der Waals surface area contributed by atoms with Gasteiger partial charge < -0.3 is 0 Å². The maximum absolute atomic E-state index is 12.5. The summed E-state index contributed by atoms with van der Waals surface area (Å²) < 4.78 is 22.5. The first-order valence-corrected chi connectivity index (χ1v) is 9.18. The summed E-state index contributed by atoms with van der Waals surface area (Å²) in [6.07, 6.45) is 1.64. The summed E-state index contributed by atoms with van der Waals surface area (Å²) in [4.78, 5) is 25.9. The van der Waals surface area contributed by atoms with E-state index in [0.29, 0.717) is 10.6 Å². The van der Waals surface area contributed by atoms with Crippen molar-refractivity contribution >= 4 is 44.7 Å². The summed E-state index contributed by atoms with van der Waals surface area (Å²) in [6, 6.07) is 14.5. The van der Waals surface area contributed by atoms with Crippen molar-refractivity contribution in [1.82, 2.24) is 0 Å². The molecular formula is C16H12N2O4S2. The highest BCUT2D eigenvalue weighted by molar-refractivity contribution is 8.19. The molecule has 0 atom stereocenters. The van der Waals surface area contributed by atoms with Crippen LogP contribution in [0.5, 0.6) is 0 Å². The maximum Gasteiger partial charge on any atom is 0.298 e. The van der Waals surface area contributed by atoms with Gasteiger partial charge in [-0.05, 0) is 47.7 Å². The molecule has 3 rings (SSSR count). The van der Waals surface area contributed by atoms with Crippen LogP contribution in [-0.2, 0) is 14.8 Å². The number of carbonyl (C=O) groups is 2. The largest absolute Gasteiger partial charge is 0.298 e. The van der Waals surface area contributed by atoms with Crippen LogP contribution >= 0.6 is 11.8 Å².